The summed E-state index contributed by atoms with van der Waals surface area (Å²) in [6.45, 7) is 5.03. The molecule has 2 heteroatoms. The Hall–Kier alpha value is 0.310. The van der Waals surface area contributed by atoms with E-state index in [1.54, 1.807) is 0 Å². The SMILES string of the molecule is CCS[C@H]1CC2CCCN2C1. The van der Waals surface area contributed by atoms with Gasteiger partial charge in [0.25, 0.3) is 0 Å². The fraction of sp³-hybridized carbons (Fsp3) is 1.00. The van der Waals surface area contributed by atoms with E-state index in [1.807, 2.05) is 0 Å². The predicted molar refractivity (Wildman–Crippen MR) is 51.1 cm³/mol. The lowest BCUT2D eigenvalue weighted by molar-refractivity contribution is 0.325. The average molecular weight is 171 g/mol. The van der Waals surface area contributed by atoms with Crippen LogP contribution in [0.25, 0.3) is 0 Å². The van der Waals surface area contributed by atoms with Crippen molar-refractivity contribution in [2.24, 2.45) is 0 Å². The van der Waals surface area contributed by atoms with Crippen LogP contribution in [0.2, 0.25) is 0 Å². The monoisotopic (exact) mass is 171 g/mol. The van der Waals surface area contributed by atoms with Gasteiger partial charge in [-0.15, -0.1) is 0 Å². The second kappa shape index (κ2) is 3.36. The Morgan fingerprint density at radius 3 is 3.18 bits per heavy atom. The Balaban J connectivity index is 1.84. The quantitative estimate of drug-likeness (QED) is 0.625. The Morgan fingerprint density at radius 1 is 1.55 bits per heavy atom. The molecule has 2 atom stereocenters. The Morgan fingerprint density at radius 2 is 2.45 bits per heavy atom. The summed E-state index contributed by atoms with van der Waals surface area (Å²) >= 11 is 2.15. The predicted octanol–water partition coefficient (Wildman–Crippen LogP) is 1.98. The highest BCUT2D eigenvalue weighted by molar-refractivity contribution is 7.99. The molecular weight excluding hydrogens is 154 g/mol. The molecule has 0 spiro atoms. The highest BCUT2D eigenvalue weighted by atomic mass is 32.2. The fourth-order valence-electron chi connectivity index (χ4n) is 2.40. The Kier molecular flexibility index (Phi) is 2.42. The van der Waals surface area contributed by atoms with Gasteiger partial charge in [0.05, 0.1) is 0 Å². The van der Waals surface area contributed by atoms with E-state index < -0.39 is 0 Å². The van der Waals surface area contributed by atoms with E-state index in [2.05, 4.69) is 23.6 Å². The Bertz CT molecular complexity index is 126. The zero-order valence-electron chi connectivity index (χ0n) is 7.25. The molecule has 0 radical (unpaired) electrons. The Labute approximate surface area is 73.5 Å². The molecule has 2 fully saturated rings. The molecule has 0 aromatic rings. The molecule has 11 heavy (non-hydrogen) atoms. The van der Waals surface area contributed by atoms with E-state index in [4.69, 9.17) is 0 Å². The van der Waals surface area contributed by atoms with Crippen LogP contribution in [0.15, 0.2) is 0 Å². The van der Waals surface area contributed by atoms with Crippen LogP contribution in [0, 0.1) is 0 Å². The van der Waals surface area contributed by atoms with Crippen LogP contribution in [0.3, 0.4) is 0 Å². The molecule has 2 aliphatic heterocycles. The van der Waals surface area contributed by atoms with Crippen molar-refractivity contribution in [2.45, 2.75) is 37.5 Å². The van der Waals surface area contributed by atoms with Gasteiger partial charge in [-0.2, -0.15) is 11.8 Å². The maximum Gasteiger partial charge on any atom is 0.0189 e. The van der Waals surface area contributed by atoms with Gasteiger partial charge in [-0.05, 0) is 31.6 Å². The van der Waals surface area contributed by atoms with Crippen molar-refractivity contribution in [2.75, 3.05) is 18.8 Å². The molecule has 2 aliphatic rings. The van der Waals surface area contributed by atoms with Crippen molar-refractivity contribution in [1.29, 1.82) is 0 Å². The van der Waals surface area contributed by atoms with Crippen LogP contribution in [0.4, 0.5) is 0 Å². The number of thioether (sulfide) groups is 1. The zero-order chi connectivity index (χ0) is 7.68. The topological polar surface area (TPSA) is 3.24 Å². The van der Waals surface area contributed by atoms with Gasteiger partial charge in [0.15, 0.2) is 0 Å². The summed E-state index contributed by atoms with van der Waals surface area (Å²) in [4.78, 5) is 2.69. The van der Waals surface area contributed by atoms with Crippen molar-refractivity contribution in [3.8, 4) is 0 Å². The normalized spacial score (nSPS) is 37.9. The van der Waals surface area contributed by atoms with Crippen molar-refractivity contribution in [3.63, 3.8) is 0 Å². The molecular formula is C9H17NS. The van der Waals surface area contributed by atoms with Crippen molar-refractivity contribution in [1.82, 2.24) is 4.90 Å². The van der Waals surface area contributed by atoms with Crippen molar-refractivity contribution < 1.29 is 0 Å². The number of fused-ring (bicyclic) bond motifs is 1. The molecule has 0 aromatic carbocycles. The summed E-state index contributed by atoms with van der Waals surface area (Å²) in [5.74, 6) is 1.30. The molecule has 0 bridgehead atoms. The van der Waals surface area contributed by atoms with E-state index in [0.29, 0.717) is 0 Å². The summed E-state index contributed by atoms with van der Waals surface area (Å²) < 4.78 is 0. The average Bonchev–Trinajstić information content (AvgIpc) is 2.46. The molecule has 0 N–H and O–H groups in total. The van der Waals surface area contributed by atoms with Crippen LogP contribution in [-0.2, 0) is 0 Å². The standard InChI is InChI=1S/C9H17NS/c1-2-11-9-6-8-4-3-5-10(8)7-9/h8-9H,2-7H2,1H3/t8?,9-/m0/s1. The van der Waals surface area contributed by atoms with Gasteiger partial charge in [-0.25, -0.2) is 0 Å². The molecule has 2 rings (SSSR count). The van der Waals surface area contributed by atoms with Gasteiger partial charge >= 0.3 is 0 Å². The second-order valence-corrected chi connectivity index (χ2v) is 5.18. The first-order valence-electron chi connectivity index (χ1n) is 4.76. The molecule has 1 unspecified atom stereocenters. The molecule has 64 valence electrons. The molecule has 0 aromatic heterocycles. The molecule has 1 nitrogen and oxygen atoms in total. The summed E-state index contributed by atoms with van der Waals surface area (Å²) in [5, 5.41) is 0.963. The number of nitrogens with zero attached hydrogens (tertiary/aromatic N) is 1. The maximum atomic E-state index is 2.69. The molecule has 2 saturated heterocycles. The highest BCUT2D eigenvalue weighted by Gasteiger charge is 2.34. The summed E-state index contributed by atoms with van der Waals surface area (Å²) in [7, 11) is 0. The van der Waals surface area contributed by atoms with Crippen LogP contribution < -0.4 is 0 Å². The minimum Gasteiger partial charge on any atom is -0.299 e. The zero-order valence-corrected chi connectivity index (χ0v) is 8.07. The van der Waals surface area contributed by atoms with Crippen LogP contribution in [0.5, 0.6) is 0 Å². The van der Waals surface area contributed by atoms with Crippen LogP contribution in [-0.4, -0.2) is 35.0 Å². The van der Waals surface area contributed by atoms with E-state index in [9.17, 15) is 0 Å². The van der Waals surface area contributed by atoms with E-state index in [-0.39, 0.29) is 0 Å². The first-order chi connectivity index (χ1) is 5.40. The third kappa shape index (κ3) is 1.57. The molecule has 0 aliphatic carbocycles. The summed E-state index contributed by atoms with van der Waals surface area (Å²) in [6, 6.07) is 0.971. The van der Waals surface area contributed by atoms with Gasteiger partial charge in [-0.3, -0.25) is 4.90 Å². The van der Waals surface area contributed by atoms with E-state index >= 15 is 0 Å². The van der Waals surface area contributed by atoms with E-state index in [0.717, 1.165) is 11.3 Å². The smallest absolute Gasteiger partial charge is 0.0189 e. The van der Waals surface area contributed by atoms with Crippen LogP contribution >= 0.6 is 11.8 Å². The largest absolute Gasteiger partial charge is 0.299 e. The number of rotatable bonds is 2. The number of hydrogen-bond acceptors (Lipinski definition) is 2. The van der Waals surface area contributed by atoms with Gasteiger partial charge in [0, 0.05) is 17.8 Å². The lowest BCUT2D eigenvalue weighted by Gasteiger charge is -2.12. The molecule has 0 saturated carbocycles. The van der Waals surface area contributed by atoms with Crippen molar-refractivity contribution in [3.05, 3.63) is 0 Å². The van der Waals surface area contributed by atoms with Gasteiger partial charge in [0.1, 0.15) is 0 Å². The van der Waals surface area contributed by atoms with Crippen molar-refractivity contribution >= 4 is 11.8 Å². The molecule has 2 heterocycles. The fourth-order valence-corrected chi connectivity index (χ4v) is 3.52. The minimum absolute atomic E-state index is 0.963. The highest BCUT2D eigenvalue weighted by Crippen LogP contribution is 2.33. The lowest BCUT2D eigenvalue weighted by Crippen LogP contribution is -2.22. The number of hydrogen-bond donors (Lipinski definition) is 0. The lowest BCUT2D eigenvalue weighted by atomic mass is 10.2. The maximum absolute atomic E-state index is 2.69. The summed E-state index contributed by atoms with van der Waals surface area (Å²) in [5.41, 5.74) is 0. The molecule has 0 amide bonds. The van der Waals surface area contributed by atoms with Gasteiger partial charge in [0.2, 0.25) is 0 Å². The van der Waals surface area contributed by atoms with Gasteiger partial charge in [-0.1, -0.05) is 6.92 Å². The first-order valence-corrected chi connectivity index (χ1v) is 5.80. The second-order valence-electron chi connectivity index (χ2n) is 3.60. The van der Waals surface area contributed by atoms with Gasteiger partial charge < -0.3 is 0 Å². The minimum atomic E-state index is 0.963. The summed E-state index contributed by atoms with van der Waals surface area (Å²) in [6.07, 6.45) is 4.40. The third-order valence-electron chi connectivity index (χ3n) is 2.87. The first kappa shape index (κ1) is 7.93. The third-order valence-corrected chi connectivity index (χ3v) is 4.02. The van der Waals surface area contributed by atoms with Crippen LogP contribution in [0.1, 0.15) is 26.2 Å². The van der Waals surface area contributed by atoms with E-state index in [1.165, 1.54) is 38.1 Å².